The fourth-order valence-electron chi connectivity index (χ4n) is 4.79. The number of para-hydroxylation sites is 2. The zero-order chi connectivity index (χ0) is 18.1. The Kier molecular flexibility index (Phi) is 4.69. The van der Waals surface area contributed by atoms with Crippen molar-refractivity contribution in [2.75, 3.05) is 36.5 Å². The van der Waals surface area contributed by atoms with Gasteiger partial charge in [0, 0.05) is 38.1 Å². The van der Waals surface area contributed by atoms with Crippen LogP contribution in [0, 0.1) is 0 Å². The monoisotopic (exact) mass is 348 g/mol. The maximum absolute atomic E-state index is 2.58. The highest BCUT2D eigenvalue weighted by atomic mass is 15.1. The van der Waals surface area contributed by atoms with Gasteiger partial charge < -0.3 is 9.80 Å². The van der Waals surface area contributed by atoms with E-state index >= 15 is 0 Å². The quantitative estimate of drug-likeness (QED) is 0.646. The summed E-state index contributed by atoms with van der Waals surface area (Å²) in [6.07, 6.45) is 6.52. The van der Waals surface area contributed by atoms with Crippen molar-refractivity contribution in [1.82, 2.24) is 0 Å². The van der Waals surface area contributed by atoms with Crippen molar-refractivity contribution < 1.29 is 0 Å². The van der Waals surface area contributed by atoms with Gasteiger partial charge >= 0.3 is 0 Å². The van der Waals surface area contributed by atoms with Crippen molar-refractivity contribution in [3.8, 4) is 0 Å². The molecular formula is C24H32N2. The van der Waals surface area contributed by atoms with Crippen LogP contribution in [0.15, 0.2) is 42.5 Å². The Morgan fingerprint density at radius 3 is 2.12 bits per heavy atom. The number of anilines is 2. The van der Waals surface area contributed by atoms with Crippen LogP contribution in [0.2, 0.25) is 0 Å². The summed E-state index contributed by atoms with van der Waals surface area (Å²) in [5.74, 6) is 0. The second-order valence-corrected chi connectivity index (χ2v) is 8.69. The van der Waals surface area contributed by atoms with Gasteiger partial charge in [0.1, 0.15) is 0 Å². The smallest absolute Gasteiger partial charge is 0.0431 e. The topological polar surface area (TPSA) is 6.48 Å². The predicted molar refractivity (Wildman–Crippen MR) is 113 cm³/mol. The van der Waals surface area contributed by atoms with Gasteiger partial charge in [0.25, 0.3) is 0 Å². The van der Waals surface area contributed by atoms with Crippen molar-refractivity contribution in [2.45, 2.75) is 51.4 Å². The molecule has 0 amide bonds. The van der Waals surface area contributed by atoms with Gasteiger partial charge in [-0.3, -0.25) is 0 Å². The van der Waals surface area contributed by atoms with E-state index in [9.17, 15) is 0 Å². The van der Waals surface area contributed by atoms with E-state index in [2.05, 4.69) is 73.2 Å². The van der Waals surface area contributed by atoms with E-state index in [1.807, 2.05) is 0 Å². The van der Waals surface area contributed by atoms with Gasteiger partial charge in [-0.15, -0.1) is 0 Å². The molecule has 0 radical (unpaired) electrons. The average Bonchev–Trinajstić information content (AvgIpc) is 2.67. The lowest BCUT2D eigenvalue weighted by molar-refractivity contribution is 0.462. The van der Waals surface area contributed by atoms with Gasteiger partial charge in [-0.25, -0.2) is 0 Å². The summed E-state index contributed by atoms with van der Waals surface area (Å²) in [6.45, 7) is 8.40. The lowest BCUT2D eigenvalue weighted by Crippen LogP contribution is -2.34. The molecule has 0 N–H and O–H groups in total. The van der Waals surface area contributed by atoms with E-state index in [4.69, 9.17) is 0 Å². The summed E-state index contributed by atoms with van der Waals surface area (Å²) in [5.41, 5.74) is 8.00. The van der Waals surface area contributed by atoms with Crippen LogP contribution in [0.5, 0.6) is 0 Å². The molecule has 0 saturated carbocycles. The highest BCUT2D eigenvalue weighted by Gasteiger charge is 2.28. The van der Waals surface area contributed by atoms with Crippen LogP contribution in [0.4, 0.5) is 11.4 Å². The molecule has 0 unspecified atom stereocenters. The van der Waals surface area contributed by atoms with E-state index in [1.54, 1.807) is 16.8 Å². The molecule has 2 heteroatoms. The Labute approximate surface area is 158 Å². The molecule has 2 aromatic carbocycles. The Balaban J connectivity index is 0.000000129. The first-order valence-corrected chi connectivity index (χ1v) is 10.2. The first-order chi connectivity index (χ1) is 12.6. The fraction of sp³-hybridized carbons (Fsp3) is 0.500. The van der Waals surface area contributed by atoms with Crippen LogP contribution in [0.3, 0.4) is 0 Å². The lowest BCUT2D eigenvalue weighted by atomic mass is 9.78. The van der Waals surface area contributed by atoms with Crippen LogP contribution in [-0.4, -0.2) is 26.7 Å². The standard InChI is InChI=1S/C12H15N.C12H17N/c1-4-10-6-2-8-13-9-3-7-11(5-1)12(10)13;1-12(2)8-9-13(3)11-7-5-4-6-10(11)12/h1,4-5H,2-3,6-9H2;4-7H,8-9H2,1-3H3. The van der Waals surface area contributed by atoms with Crippen molar-refractivity contribution in [1.29, 1.82) is 0 Å². The Hall–Kier alpha value is -1.96. The molecule has 3 heterocycles. The zero-order valence-electron chi connectivity index (χ0n) is 16.6. The number of rotatable bonds is 0. The van der Waals surface area contributed by atoms with E-state index in [1.165, 1.54) is 63.0 Å². The average molecular weight is 349 g/mol. The van der Waals surface area contributed by atoms with Gasteiger partial charge in [-0.1, -0.05) is 50.2 Å². The first kappa shape index (κ1) is 17.5. The molecule has 0 aliphatic carbocycles. The van der Waals surface area contributed by atoms with E-state index in [-0.39, 0.29) is 0 Å². The second kappa shape index (κ2) is 6.98. The molecule has 3 aliphatic heterocycles. The van der Waals surface area contributed by atoms with Gasteiger partial charge in [0.2, 0.25) is 0 Å². The minimum Gasteiger partial charge on any atom is -0.374 e. The van der Waals surface area contributed by atoms with Crippen LogP contribution in [0.1, 0.15) is 49.8 Å². The van der Waals surface area contributed by atoms with Crippen molar-refractivity contribution in [3.05, 3.63) is 59.2 Å². The van der Waals surface area contributed by atoms with Crippen LogP contribution in [0.25, 0.3) is 0 Å². The third-order valence-corrected chi connectivity index (χ3v) is 6.38. The second-order valence-electron chi connectivity index (χ2n) is 8.69. The molecule has 0 bridgehead atoms. The maximum Gasteiger partial charge on any atom is 0.0431 e. The summed E-state index contributed by atoms with van der Waals surface area (Å²) in [7, 11) is 2.17. The number of nitrogens with zero attached hydrogens (tertiary/aromatic N) is 2. The largest absolute Gasteiger partial charge is 0.374 e. The number of benzene rings is 2. The Morgan fingerprint density at radius 1 is 0.808 bits per heavy atom. The number of aryl methyl sites for hydroxylation is 2. The third kappa shape index (κ3) is 3.22. The molecule has 0 atom stereocenters. The SMILES string of the molecule is CN1CCC(C)(C)c2ccccc21.c1cc2c3c(c1)CCCN3CCC2. The van der Waals surface area contributed by atoms with Crippen molar-refractivity contribution >= 4 is 11.4 Å². The molecule has 138 valence electrons. The molecule has 2 nitrogen and oxygen atoms in total. The normalized spacial score (nSPS) is 19.8. The fourth-order valence-corrected chi connectivity index (χ4v) is 4.79. The van der Waals surface area contributed by atoms with Crippen LogP contribution < -0.4 is 9.80 Å². The highest BCUT2D eigenvalue weighted by Crippen LogP contribution is 2.38. The van der Waals surface area contributed by atoms with Gasteiger partial charge in [-0.2, -0.15) is 0 Å². The molecular weight excluding hydrogens is 316 g/mol. The number of hydrogen-bond donors (Lipinski definition) is 0. The minimum atomic E-state index is 0.350. The molecule has 26 heavy (non-hydrogen) atoms. The van der Waals surface area contributed by atoms with Crippen LogP contribution >= 0.6 is 0 Å². The van der Waals surface area contributed by atoms with Gasteiger partial charge in [0.05, 0.1) is 0 Å². The predicted octanol–water partition coefficient (Wildman–Crippen LogP) is 5.19. The van der Waals surface area contributed by atoms with E-state index < -0.39 is 0 Å². The molecule has 5 rings (SSSR count). The summed E-state index contributed by atoms with van der Waals surface area (Å²) in [6, 6.07) is 15.6. The van der Waals surface area contributed by atoms with Crippen molar-refractivity contribution in [2.24, 2.45) is 0 Å². The van der Waals surface area contributed by atoms with Gasteiger partial charge in [0.15, 0.2) is 0 Å². The Bertz CT molecular complexity index is 749. The molecule has 0 saturated heterocycles. The molecule has 0 aromatic heterocycles. The van der Waals surface area contributed by atoms with E-state index in [0.29, 0.717) is 5.41 Å². The number of hydrogen-bond acceptors (Lipinski definition) is 2. The first-order valence-electron chi connectivity index (χ1n) is 10.2. The molecule has 0 spiro atoms. The van der Waals surface area contributed by atoms with E-state index in [0.717, 1.165) is 0 Å². The molecule has 3 aliphatic rings. The summed E-state index contributed by atoms with van der Waals surface area (Å²) in [4.78, 5) is 4.93. The van der Waals surface area contributed by atoms with Crippen LogP contribution in [-0.2, 0) is 18.3 Å². The molecule has 0 fully saturated rings. The summed E-state index contributed by atoms with van der Waals surface area (Å²) < 4.78 is 0. The molecule has 2 aromatic rings. The minimum absolute atomic E-state index is 0.350. The zero-order valence-corrected chi connectivity index (χ0v) is 16.6. The summed E-state index contributed by atoms with van der Waals surface area (Å²) in [5, 5.41) is 0. The number of fused-ring (bicyclic) bond motifs is 1. The van der Waals surface area contributed by atoms with Crippen molar-refractivity contribution in [3.63, 3.8) is 0 Å². The lowest BCUT2D eigenvalue weighted by Gasteiger charge is -2.38. The highest BCUT2D eigenvalue weighted by molar-refractivity contribution is 5.62. The maximum atomic E-state index is 2.58. The van der Waals surface area contributed by atoms with Gasteiger partial charge in [-0.05, 0) is 60.3 Å². The third-order valence-electron chi connectivity index (χ3n) is 6.38. The Morgan fingerprint density at radius 2 is 1.46 bits per heavy atom. The summed E-state index contributed by atoms with van der Waals surface area (Å²) >= 11 is 0.